The summed E-state index contributed by atoms with van der Waals surface area (Å²) in [6.45, 7) is 4.26. The topological polar surface area (TPSA) is 113 Å². The Kier molecular flexibility index (Phi) is 4.43. The number of alkyl halides is 3. The lowest BCUT2D eigenvalue weighted by Crippen LogP contribution is -2.30. The lowest BCUT2D eigenvalue weighted by molar-refractivity contribution is -0.387. The maximum absolute atomic E-state index is 13.0. The zero-order chi connectivity index (χ0) is 19.2. The van der Waals surface area contributed by atoms with Crippen molar-refractivity contribution < 1.29 is 31.6 Å². The van der Waals surface area contributed by atoms with Gasteiger partial charge in [0.15, 0.2) is 9.84 Å². The number of hydrogen-bond donors (Lipinski definition) is 2. The number of fused-ring (bicyclic) bond motifs is 1. The van der Waals surface area contributed by atoms with Gasteiger partial charge in [-0.1, -0.05) is 6.58 Å². The molecule has 0 saturated heterocycles. The van der Waals surface area contributed by atoms with Crippen molar-refractivity contribution >= 4 is 26.4 Å². The van der Waals surface area contributed by atoms with Gasteiger partial charge in [0.05, 0.1) is 10.7 Å². The third-order valence-electron chi connectivity index (χ3n) is 3.56. The van der Waals surface area contributed by atoms with E-state index in [4.69, 9.17) is 0 Å². The minimum Gasteiger partial charge on any atom is -0.383 e. The third kappa shape index (κ3) is 3.82. The Labute approximate surface area is 139 Å². The largest absolute Gasteiger partial charge is 0.423 e. The van der Waals surface area contributed by atoms with Gasteiger partial charge in [0.1, 0.15) is 11.2 Å². The SMILES string of the molecule is C=CS(=O)(=O)CC(C)(O)c1cc2cc([N+](=O)[O-])c(C(F)(F)F)cc2[nH]1. The van der Waals surface area contributed by atoms with E-state index in [1.54, 1.807) is 0 Å². The molecule has 1 atom stereocenters. The highest BCUT2D eigenvalue weighted by atomic mass is 32.2. The molecule has 0 saturated carbocycles. The Morgan fingerprint density at radius 2 is 1.96 bits per heavy atom. The van der Waals surface area contributed by atoms with Crippen LogP contribution in [0.25, 0.3) is 10.9 Å². The normalized spacial score (nSPS) is 15.1. The van der Waals surface area contributed by atoms with Crippen molar-refractivity contribution in [3.63, 3.8) is 0 Å². The molecule has 25 heavy (non-hydrogen) atoms. The first-order chi connectivity index (χ1) is 11.3. The van der Waals surface area contributed by atoms with Crippen LogP contribution in [0.3, 0.4) is 0 Å². The van der Waals surface area contributed by atoms with Crippen LogP contribution in [0.15, 0.2) is 30.2 Å². The summed E-state index contributed by atoms with van der Waals surface area (Å²) in [4.78, 5) is 12.2. The molecule has 0 radical (unpaired) electrons. The Balaban J connectivity index is 2.64. The molecule has 1 unspecified atom stereocenters. The molecule has 0 aliphatic carbocycles. The number of nitrogens with zero attached hydrogens (tertiary/aromatic N) is 1. The van der Waals surface area contributed by atoms with Gasteiger partial charge in [0.25, 0.3) is 5.69 Å². The minimum absolute atomic E-state index is 0.0333. The molecule has 136 valence electrons. The molecule has 0 fully saturated rings. The second-order valence-electron chi connectivity index (χ2n) is 5.64. The fraction of sp³-hybridized carbons (Fsp3) is 0.286. The average molecular weight is 378 g/mol. The van der Waals surface area contributed by atoms with Gasteiger partial charge in [-0.05, 0) is 19.1 Å². The number of rotatable bonds is 5. The first kappa shape index (κ1) is 18.9. The molecular formula is C14H13F3N2O5S. The van der Waals surface area contributed by atoms with Crippen molar-refractivity contribution in [1.82, 2.24) is 4.98 Å². The number of aromatic amines is 1. The molecule has 0 spiro atoms. The molecule has 2 N–H and O–H groups in total. The number of sulfone groups is 1. The fourth-order valence-corrected chi connectivity index (χ4v) is 3.42. The average Bonchev–Trinajstić information content (AvgIpc) is 2.87. The number of halogens is 3. The molecule has 0 bridgehead atoms. The van der Waals surface area contributed by atoms with Crippen molar-refractivity contribution in [3.05, 3.63) is 51.6 Å². The van der Waals surface area contributed by atoms with E-state index < -0.39 is 43.5 Å². The molecule has 0 aliphatic heterocycles. The maximum Gasteiger partial charge on any atom is 0.423 e. The number of benzene rings is 1. The summed E-state index contributed by atoms with van der Waals surface area (Å²) in [6, 6.07) is 2.44. The van der Waals surface area contributed by atoms with Crippen LogP contribution in [0, 0.1) is 10.1 Å². The summed E-state index contributed by atoms with van der Waals surface area (Å²) in [5.41, 5.74) is -4.76. The zero-order valence-electron chi connectivity index (χ0n) is 12.8. The maximum atomic E-state index is 13.0. The second kappa shape index (κ2) is 5.85. The van der Waals surface area contributed by atoms with Gasteiger partial charge in [-0.15, -0.1) is 0 Å². The molecule has 0 amide bonds. The zero-order valence-corrected chi connectivity index (χ0v) is 13.6. The summed E-state index contributed by atoms with van der Waals surface area (Å²) < 4.78 is 62.2. The van der Waals surface area contributed by atoms with Gasteiger partial charge >= 0.3 is 6.18 Å². The molecule has 2 rings (SSSR count). The molecular weight excluding hydrogens is 365 g/mol. The fourth-order valence-electron chi connectivity index (χ4n) is 2.37. The van der Waals surface area contributed by atoms with Crippen molar-refractivity contribution in [2.45, 2.75) is 18.7 Å². The van der Waals surface area contributed by atoms with Gasteiger partial charge in [-0.2, -0.15) is 13.2 Å². The van der Waals surface area contributed by atoms with E-state index >= 15 is 0 Å². The number of aliphatic hydroxyl groups is 1. The van der Waals surface area contributed by atoms with E-state index in [0.717, 1.165) is 13.0 Å². The predicted molar refractivity (Wildman–Crippen MR) is 83.5 cm³/mol. The van der Waals surface area contributed by atoms with Crippen LogP contribution < -0.4 is 0 Å². The van der Waals surface area contributed by atoms with E-state index in [1.807, 2.05) is 0 Å². The lowest BCUT2D eigenvalue weighted by Gasteiger charge is -2.20. The van der Waals surface area contributed by atoms with Crippen LogP contribution in [0.5, 0.6) is 0 Å². The third-order valence-corrected chi connectivity index (χ3v) is 5.03. The second-order valence-corrected chi connectivity index (χ2v) is 7.59. The molecule has 0 aliphatic rings. The van der Waals surface area contributed by atoms with Gasteiger partial charge in [0, 0.05) is 28.1 Å². The highest BCUT2D eigenvalue weighted by Crippen LogP contribution is 2.39. The summed E-state index contributed by atoms with van der Waals surface area (Å²) in [7, 11) is -3.81. The number of aromatic nitrogens is 1. The van der Waals surface area contributed by atoms with E-state index in [2.05, 4.69) is 11.6 Å². The molecule has 1 aromatic heterocycles. The van der Waals surface area contributed by atoms with Crippen LogP contribution in [-0.2, 0) is 21.6 Å². The van der Waals surface area contributed by atoms with Crippen LogP contribution >= 0.6 is 0 Å². The van der Waals surface area contributed by atoms with Crippen LogP contribution in [0.1, 0.15) is 18.2 Å². The van der Waals surface area contributed by atoms with E-state index in [9.17, 15) is 36.8 Å². The van der Waals surface area contributed by atoms with Crippen LogP contribution in [0.4, 0.5) is 18.9 Å². The summed E-state index contributed by atoms with van der Waals surface area (Å²) in [6.07, 6.45) is -4.95. The van der Waals surface area contributed by atoms with E-state index in [-0.39, 0.29) is 16.6 Å². The quantitative estimate of drug-likeness (QED) is 0.613. The number of H-pyrrole nitrogens is 1. The van der Waals surface area contributed by atoms with Crippen molar-refractivity contribution in [2.75, 3.05) is 5.75 Å². The first-order valence-electron chi connectivity index (χ1n) is 6.73. The predicted octanol–water partition coefficient (Wildman–Crippen LogP) is 2.86. The highest BCUT2D eigenvalue weighted by molar-refractivity contribution is 7.94. The Morgan fingerprint density at radius 1 is 1.36 bits per heavy atom. The standard InChI is InChI=1S/C14H13F3N2O5S/c1-3-25(23,24)7-13(2,20)12-5-8-4-11(19(21)22)9(14(15,16)17)6-10(8)18-12/h3-6,18,20H,1,7H2,2H3. The molecule has 2 aromatic rings. The van der Waals surface area contributed by atoms with Gasteiger partial charge in [-0.3, -0.25) is 10.1 Å². The van der Waals surface area contributed by atoms with Gasteiger partial charge < -0.3 is 10.1 Å². The summed E-state index contributed by atoms with van der Waals surface area (Å²) in [5, 5.41) is 21.9. The smallest absolute Gasteiger partial charge is 0.383 e. The molecule has 11 heteroatoms. The number of nitrogens with one attached hydrogen (secondary N) is 1. The molecule has 7 nitrogen and oxygen atoms in total. The van der Waals surface area contributed by atoms with Crippen molar-refractivity contribution in [2.24, 2.45) is 0 Å². The van der Waals surface area contributed by atoms with Crippen molar-refractivity contribution in [3.8, 4) is 0 Å². The number of hydrogen-bond acceptors (Lipinski definition) is 5. The monoisotopic (exact) mass is 378 g/mol. The van der Waals surface area contributed by atoms with Crippen LogP contribution in [-0.4, -0.2) is 29.2 Å². The van der Waals surface area contributed by atoms with E-state index in [0.29, 0.717) is 11.5 Å². The van der Waals surface area contributed by atoms with E-state index in [1.165, 1.54) is 6.07 Å². The van der Waals surface area contributed by atoms with Gasteiger partial charge in [-0.25, -0.2) is 8.42 Å². The first-order valence-corrected chi connectivity index (χ1v) is 8.45. The molecule has 1 heterocycles. The van der Waals surface area contributed by atoms with Crippen molar-refractivity contribution in [1.29, 1.82) is 0 Å². The van der Waals surface area contributed by atoms with Crippen LogP contribution in [0.2, 0.25) is 0 Å². The highest BCUT2D eigenvalue weighted by Gasteiger charge is 2.39. The lowest BCUT2D eigenvalue weighted by atomic mass is 10.1. The number of nitro groups is 1. The summed E-state index contributed by atoms with van der Waals surface area (Å²) in [5.74, 6) is -0.759. The Bertz CT molecular complexity index is 961. The number of nitro benzene ring substituents is 1. The summed E-state index contributed by atoms with van der Waals surface area (Å²) >= 11 is 0. The minimum atomic E-state index is -4.95. The molecule has 1 aromatic carbocycles. The van der Waals surface area contributed by atoms with Gasteiger partial charge in [0.2, 0.25) is 0 Å². The Hall–Kier alpha value is -2.40. The Morgan fingerprint density at radius 3 is 2.44 bits per heavy atom.